The first-order valence-corrected chi connectivity index (χ1v) is 12.7. The SMILES string of the molecule is CCCCCCCC/C=C\CCCCCCCC(N)=O.CCNC.COS(=O)(=O)O. The summed E-state index contributed by atoms with van der Waals surface area (Å²) in [7, 11) is -1.36. The fourth-order valence-corrected chi connectivity index (χ4v) is 2.37. The Kier molecular flexibility index (Phi) is 31.5. The second-order valence-corrected chi connectivity index (χ2v) is 8.29. The van der Waals surface area contributed by atoms with Crippen molar-refractivity contribution in [3.8, 4) is 0 Å². The number of nitrogens with one attached hydrogen (secondary N) is 1. The predicted molar refractivity (Wildman–Crippen MR) is 127 cm³/mol. The lowest BCUT2D eigenvalue weighted by Gasteiger charge is -1.99. The van der Waals surface area contributed by atoms with Gasteiger partial charge in [0.1, 0.15) is 0 Å². The number of amides is 1. The Bertz CT molecular complexity index is 466. The van der Waals surface area contributed by atoms with Gasteiger partial charge in [0.05, 0.1) is 7.11 Å². The molecule has 182 valence electrons. The van der Waals surface area contributed by atoms with Crippen molar-refractivity contribution in [2.45, 2.75) is 104 Å². The third-order valence-corrected chi connectivity index (χ3v) is 4.67. The van der Waals surface area contributed by atoms with E-state index in [1.54, 1.807) is 0 Å². The van der Waals surface area contributed by atoms with Crippen molar-refractivity contribution in [2.75, 3.05) is 20.7 Å². The Labute approximate surface area is 186 Å². The van der Waals surface area contributed by atoms with Crippen LogP contribution in [-0.2, 0) is 19.4 Å². The first kappa shape index (κ1) is 33.7. The van der Waals surface area contributed by atoms with Crippen LogP contribution in [0.5, 0.6) is 0 Å². The first-order chi connectivity index (χ1) is 14.2. The minimum absolute atomic E-state index is 0.164. The van der Waals surface area contributed by atoms with Gasteiger partial charge in [0.15, 0.2) is 0 Å². The molecule has 0 aliphatic heterocycles. The van der Waals surface area contributed by atoms with Crippen molar-refractivity contribution in [3.05, 3.63) is 12.2 Å². The number of carbonyl (C=O) groups is 1. The summed E-state index contributed by atoms with van der Waals surface area (Å²) in [6.07, 6.45) is 21.9. The van der Waals surface area contributed by atoms with E-state index in [2.05, 4.69) is 35.5 Å². The van der Waals surface area contributed by atoms with Gasteiger partial charge in [-0.25, -0.2) is 0 Å². The second kappa shape index (κ2) is 28.0. The van der Waals surface area contributed by atoms with Crippen molar-refractivity contribution >= 4 is 16.3 Å². The number of nitrogens with two attached hydrogens (primary N) is 1. The number of hydrogen-bond acceptors (Lipinski definition) is 5. The normalized spacial score (nSPS) is 10.8. The third kappa shape index (κ3) is 45.7. The number of primary amides is 1. The molecule has 1 amide bonds. The van der Waals surface area contributed by atoms with E-state index in [1.807, 2.05) is 7.05 Å². The molecular weight excluding hydrogens is 404 g/mol. The van der Waals surface area contributed by atoms with Gasteiger partial charge in [-0.2, -0.15) is 8.42 Å². The van der Waals surface area contributed by atoms with E-state index in [0.29, 0.717) is 6.42 Å². The van der Waals surface area contributed by atoms with E-state index in [9.17, 15) is 13.2 Å². The van der Waals surface area contributed by atoms with Crippen LogP contribution in [0, 0.1) is 0 Å². The summed E-state index contributed by atoms with van der Waals surface area (Å²) in [6, 6.07) is 0. The topological polar surface area (TPSA) is 119 Å². The average Bonchev–Trinajstić information content (AvgIpc) is 2.70. The van der Waals surface area contributed by atoms with E-state index >= 15 is 0 Å². The second-order valence-electron chi connectivity index (χ2n) is 7.10. The van der Waals surface area contributed by atoms with E-state index in [-0.39, 0.29) is 5.91 Å². The highest BCUT2D eigenvalue weighted by Gasteiger charge is 1.95. The molecule has 0 heterocycles. The maximum atomic E-state index is 10.5. The maximum absolute atomic E-state index is 10.5. The molecule has 0 rings (SSSR count). The van der Waals surface area contributed by atoms with E-state index in [0.717, 1.165) is 26.5 Å². The van der Waals surface area contributed by atoms with Crippen LogP contribution >= 0.6 is 0 Å². The van der Waals surface area contributed by atoms with Gasteiger partial charge < -0.3 is 11.1 Å². The number of rotatable bonds is 17. The van der Waals surface area contributed by atoms with Gasteiger partial charge in [-0.15, -0.1) is 0 Å². The van der Waals surface area contributed by atoms with Crippen LogP contribution in [0.1, 0.15) is 104 Å². The van der Waals surface area contributed by atoms with Gasteiger partial charge in [-0.3, -0.25) is 13.5 Å². The van der Waals surface area contributed by atoms with Crippen LogP contribution in [0.25, 0.3) is 0 Å². The molecule has 8 heteroatoms. The lowest BCUT2D eigenvalue weighted by atomic mass is 10.1. The molecule has 0 fully saturated rings. The first-order valence-electron chi connectivity index (χ1n) is 11.4. The standard InChI is InChI=1S/C18H35NO.C3H9N.CH4O4S/c1-2-3-4-5-6-7-8-9-10-11-12-13-14-15-16-17-18(19)20;1-3-4-2;1-5-6(2,3)4/h9-10H,2-8,11-17H2,1H3,(H2,19,20);4H,3H2,1-2H3;1H3,(H,2,3,4)/b10-9-;;. The zero-order chi connectivity index (χ0) is 23.5. The Morgan fingerprint density at radius 1 is 0.900 bits per heavy atom. The lowest BCUT2D eigenvalue weighted by Crippen LogP contribution is -2.09. The summed E-state index contributed by atoms with van der Waals surface area (Å²) in [5.41, 5.74) is 5.10. The molecule has 0 aliphatic rings. The van der Waals surface area contributed by atoms with Gasteiger partial charge in [0, 0.05) is 6.42 Å². The molecule has 30 heavy (non-hydrogen) atoms. The molecule has 0 aromatic carbocycles. The fraction of sp³-hybridized carbons (Fsp3) is 0.864. The van der Waals surface area contributed by atoms with Gasteiger partial charge in [0.25, 0.3) is 0 Å². The van der Waals surface area contributed by atoms with E-state index < -0.39 is 10.4 Å². The molecule has 0 unspecified atom stereocenters. The highest BCUT2D eigenvalue weighted by molar-refractivity contribution is 7.80. The van der Waals surface area contributed by atoms with Crippen molar-refractivity contribution < 1.29 is 21.9 Å². The van der Waals surface area contributed by atoms with Crippen LogP contribution < -0.4 is 11.1 Å². The Morgan fingerprint density at radius 3 is 1.60 bits per heavy atom. The number of unbranched alkanes of at least 4 members (excludes halogenated alkanes) is 11. The van der Waals surface area contributed by atoms with Gasteiger partial charge in [0.2, 0.25) is 5.91 Å². The molecule has 0 radical (unpaired) electrons. The lowest BCUT2D eigenvalue weighted by molar-refractivity contribution is -0.118. The number of hydrogen-bond donors (Lipinski definition) is 3. The molecule has 0 aromatic rings. The third-order valence-electron chi connectivity index (χ3n) is 4.25. The van der Waals surface area contributed by atoms with Crippen molar-refractivity contribution in [1.29, 1.82) is 0 Å². The predicted octanol–water partition coefficient (Wildman–Crippen LogP) is 5.17. The average molecular weight is 453 g/mol. The fourth-order valence-electron chi connectivity index (χ4n) is 2.37. The minimum atomic E-state index is -4.16. The van der Waals surface area contributed by atoms with Crippen molar-refractivity contribution in [1.82, 2.24) is 5.32 Å². The van der Waals surface area contributed by atoms with Crippen molar-refractivity contribution in [2.24, 2.45) is 5.73 Å². The molecule has 4 N–H and O–H groups in total. The molecule has 7 nitrogen and oxygen atoms in total. The minimum Gasteiger partial charge on any atom is -0.370 e. The van der Waals surface area contributed by atoms with Crippen LogP contribution in [0.4, 0.5) is 0 Å². The summed E-state index contributed by atoms with van der Waals surface area (Å²) >= 11 is 0. The molecule has 0 saturated carbocycles. The van der Waals surface area contributed by atoms with Crippen LogP contribution in [0.15, 0.2) is 12.2 Å². The smallest absolute Gasteiger partial charge is 0.370 e. The van der Waals surface area contributed by atoms with Crippen LogP contribution in [-0.4, -0.2) is 39.6 Å². The monoisotopic (exact) mass is 452 g/mol. The van der Waals surface area contributed by atoms with Crippen LogP contribution in [0.2, 0.25) is 0 Å². The zero-order valence-corrected chi connectivity index (χ0v) is 20.6. The summed E-state index contributed by atoms with van der Waals surface area (Å²) in [5.74, 6) is -0.164. The largest absolute Gasteiger partial charge is 0.397 e. The Balaban J connectivity index is -0.000000600. The molecular formula is C22H48N2O5S. The zero-order valence-electron chi connectivity index (χ0n) is 19.8. The van der Waals surface area contributed by atoms with Crippen LogP contribution in [0.3, 0.4) is 0 Å². The number of allylic oxidation sites excluding steroid dienone is 2. The van der Waals surface area contributed by atoms with E-state index in [4.69, 9.17) is 10.3 Å². The molecule has 0 saturated heterocycles. The number of carbonyl (C=O) groups excluding carboxylic acids is 1. The summed E-state index contributed by atoms with van der Waals surface area (Å²) in [5, 5.41) is 2.93. The van der Waals surface area contributed by atoms with Gasteiger partial charge in [-0.05, 0) is 45.7 Å². The molecule has 0 bridgehead atoms. The Morgan fingerprint density at radius 2 is 1.27 bits per heavy atom. The maximum Gasteiger partial charge on any atom is 0.397 e. The quantitative estimate of drug-likeness (QED) is 0.159. The van der Waals surface area contributed by atoms with Gasteiger partial charge in [-0.1, -0.05) is 77.4 Å². The van der Waals surface area contributed by atoms with Gasteiger partial charge >= 0.3 is 10.4 Å². The molecule has 0 aromatic heterocycles. The Hall–Kier alpha value is -0.960. The summed E-state index contributed by atoms with van der Waals surface area (Å²) in [6.45, 7) is 5.40. The van der Waals surface area contributed by atoms with Crippen molar-refractivity contribution in [3.63, 3.8) is 0 Å². The summed E-state index contributed by atoms with van der Waals surface area (Å²) in [4.78, 5) is 10.5. The van der Waals surface area contributed by atoms with E-state index in [1.165, 1.54) is 70.6 Å². The molecule has 0 atom stereocenters. The molecule has 0 spiro atoms. The summed E-state index contributed by atoms with van der Waals surface area (Å²) < 4.78 is 29.7. The molecule has 0 aliphatic carbocycles. The highest BCUT2D eigenvalue weighted by Crippen LogP contribution is 2.09. The highest BCUT2D eigenvalue weighted by atomic mass is 32.3.